The number of pyridine rings is 1. The molecular formula is C31H33N3O3. The number of carbonyl (C=O) groups excluding carboxylic acids is 1. The standard InChI is InChI=1S/C31H33N3O3/c1-37-27-14-10-24(11-15-27)7-6-23-8-12-26(13-9-23)31-28-21-33(17-2-3-18-34(28)29(31)22-35)30(36)19-25-5-4-16-32-20-25/h4-5,8-16,20,28-29,31,35H,2-3,17-19,21-22H2,1H3/t28-,29-,31+/m0/s1. The summed E-state index contributed by atoms with van der Waals surface area (Å²) in [5, 5.41) is 10.2. The fourth-order valence-corrected chi connectivity index (χ4v) is 5.56. The number of hydrogen-bond acceptors (Lipinski definition) is 5. The van der Waals surface area contributed by atoms with Gasteiger partial charge in [0.15, 0.2) is 0 Å². The smallest absolute Gasteiger partial charge is 0.227 e. The van der Waals surface area contributed by atoms with E-state index in [4.69, 9.17) is 4.74 Å². The molecule has 2 aromatic carbocycles. The normalized spacial score (nSPS) is 21.5. The Hall–Kier alpha value is -3.66. The summed E-state index contributed by atoms with van der Waals surface area (Å²) in [5.74, 6) is 7.58. The van der Waals surface area contributed by atoms with Crippen LogP contribution in [-0.2, 0) is 11.2 Å². The van der Waals surface area contributed by atoms with Crippen molar-refractivity contribution in [1.82, 2.24) is 14.8 Å². The highest BCUT2D eigenvalue weighted by atomic mass is 16.5. The van der Waals surface area contributed by atoms with Gasteiger partial charge in [0.05, 0.1) is 20.1 Å². The molecule has 190 valence electrons. The maximum Gasteiger partial charge on any atom is 0.227 e. The maximum absolute atomic E-state index is 13.2. The highest BCUT2D eigenvalue weighted by Gasteiger charge is 2.49. The van der Waals surface area contributed by atoms with E-state index in [1.807, 2.05) is 41.3 Å². The lowest BCUT2D eigenvalue weighted by Crippen LogP contribution is -2.68. The van der Waals surface area contributed by atoms with E-state index in [0.717, 1.165) is 48.4 Å². The molecule has 2 aliphatic heterocycles. The molecule has 37 heavy (non-hydrogen) atoms. The summed E-state index contributed by atoms with van der Waals surface area (Å²) in [6.45, 7) is 2.53. The van der Waals surface area contributed by atoms with Gasteiger partial charge in [0.1, 0.15) is 5.75 Å². The molecule has 3 aromatic rings. The van der Waals surface area contributed by atoms with Gasteiger partial charge in [-0.2, -0.15) is 0 Å². The number of hydrogen-bond donors (Lipinski definition) is 1. The minimum Gasteiger partial charge on any atom is -0.497 e. The third-order valence-corrected chi connectivity index (χ3v) is 7.54. The summed E-state index contributed by atoms with van der Waals surface area (Å²) in [5.41, 5.74) is 4.01. The molecule has 2 fully saturated rings. The minimum atomic E-state index is 0.0783. The number of fused-ring (bicyclic) bond motifs is 1. The van der Waals surface area contributed by atoms with Crippen molar-refractivity contribution in [2.75, 3.05) is 33.4 Å². The van der Waals surface area contributed by atoms with Crippen molar-refractivity contribution in [3.8, 4) is 17.6 Å². The van der Waals surface area contributed by atoms with Gasteiger partial charge in [0, 0.05) is 54.6 Å². The van der Waals surface area contributed by atoms with Crippen LogP contribution in [0, 0.1) is 11.8 Å². The van der Waals surface area contributed by atoms with Crippen LogP contribution in [0.15, 0.2) is 73.1 Å². The summed E-state index contributed by atoms with van der Waals surface area (Å²) in [6.07, 6.45) is 5.87. The molecule has 6 heteroatoms. The fourth-order valence-electron chi connectivity index (χ4n) is 5.56. The van der Waals surface area contributed by atoms with E-state index in [0.29, 0.717) is 13.0 Å². The van der Waals surface area contributed by atoms with Crippen LogP contribution >= 0.6 is 0 Å². The molecule has 0 unspecified atom stereocenters. The summed E-state index contributed by atoms with van der Waals surface area (Å²) in [4.78, 5) is 21.7. The zero-order valence-electron chi connectivity index (χ0n) is 21.2. The van der Waals surface area contributed by atoms with Crippen LogP contribution in [0.5, 0.6) is 5.75 Å². The Morgan fingerprint density at radius 1 is 1.03 bits per heavy atom. The lowest BCUT2D eigenvalue weighted by molar-refractivity contribution is -0.135. The molecule has 0 radical (unpaired) electrons. The Labute approximate surface area is 218 Å². The molecular weight excluding hydrogens is 462 g/mol. The summed E-state index contributed by atoms with van der Waals surface area (Å²) in [6, 6.07) is 20.2. The number of benzene rings is 2. The van der Waals surface area contributed by atoms with Crippen LogP contribution in [0.25, 0.3) is 0 Å². The maximum atomic E-state index is 13.2. The number of aliphatic hydroxyl groups is 1. The Balaban J connectivity index is 1.30. The zero-order valence-corrected chi connectivity index (χ0v) is 21.2. The summed E-state index contributed by atoms with van der Waals surface area (Å²) in [7, 11) is 1.65. The molecule has 1 aromatic heterocycles. The number of aromatic nitrogens is 1. The number of amides is 1. The molecule has 3 atom stereocenters. The third-order valence-electron chi connectivity index (χ3n) is 7.54. The second-order valence-corrected chi connectivity index (χ2v) is 9.77. The van der Waals surface area contributed by atoms with E-state index in [-0.39, 0.29) is 30.5 Å². The topological polar surface area (TPSA) is 65.9 Å². The number of rotatable bonds is 5. The largest absolute Gasteiger partial charge is 0.497 e. The molecule has 1 N–H and O–H groups in total. The van der Waals surface area contributed by atoms with Gasteiger partial charge in [-0.1, -0.05) is 30.0 Å². The number of carbonyl (C=O) groups is 1. The van der Waals surface area contributed by atoms with Crippen molar-refractivity contribution < 1.29 is 14.6 Å². The molecule has 5 rings (SSSR count). The van der Waals surface area contributed by atoms with Crippen molar-refractivity contribution >= 4 is 5.91 Å². The average Bonchev–Trinajstić information content (AvgIpc) is 2.92. The van der Waals surface area contributed by atoms with E-state index in [2.05, 4.69) is 46.0 Å². The van der Waals surface area contributed by atoms with Crippen LogP contribution in [0.3, 0.4) is 0 Å². The molecule has 6 nitrogen and oxygen atoms in total. The predicted octanol–water partition coefficient (Wildman–Crippen LogP) is 3.48. The van der Waals surface area contributed by atoms with Crippen LogP contribution in [0.2, 0.25) is 0 Å². The molecule has 0 saturated carbocycles. The Morgan fingerprint density at radius 2 is 1.73 bits per heavy atom. The molecule has 0 aliphatic carbocycles. The lowest BCUT2D eigenvalue weighted by Gasteiger charge is -2.57. The highest BCUT2D eigenvalue weighted by Crippen LogP contribution is 2.42. The predicted molar refractivity (Wildman–Crippen MR) is 143 cm³/mol. The first-order chi connectivity index (χ1) is 18.2. The van der Waals surface area contributed by atoms with Crippen LogP contribution in [-0.4, -0.2) is 71.2 Å². The Morgan fingerprint density at radius 3 is 2.38 bits per heavy atom. The fraction of sp³-hybridized carbons (Fsp3) is 0.355. The van der Waals surface area contributed by atoms with Gasteiger partial charge in [0.25, 0.3) is 0 Å². The van der Waals surface area contributed by atoms with Gasteiger partial charge in [-0.25, -0.2) is 0 Å². The summed E-state index contributed by atoms with van der Waals surface area (Å²) < 4.78 is 5.21. The van der Waals surface area contributed by atoms with Gasteiger partial charge in [0.2, 0.25) is 5.91 Å². The molecule has 0 bridgehead atoms. The van der Waals surface area contributed by atoms with Gasteiger partial charge < -0.3 is 14.7 Å². The van der Waals surface area contributed by atoms with Gasteiger partial charge in [-0.15, -0.1) is 0 Å². The number of aliphatic hydroxyl groups excluding tert-OH is 1. The van der Waals surface area contributed by atoms with E-state index >= 15 is 0 Å². The molecule has 2 aliphatic rings. The highest BCUT2D eigenvalue weighted by molar-refractivity contribution is 5.78. The van der Waals surface area contributed by atoms with E-state index < -0.39 is 0 Å². The SMILES string of the molecule is COc1ccc(C#Cc2ccc([C@H]3[C@H](CO)N4CCCCN(C(=O)Cc5cccnc5)C[C@@H]34)cc2)cc1. The Kier molecular flexibility index (Phi) is 7.84. The number of nitrogens with zero attached hydrogens (tertiary/aromatic N) is 3. The van der Waals surface area contributed by atoms with Crippen molar-refractivity contribution in [1.29, 1.82) is 0 Å². The van der Waals surface area contributed by atoms with E-state index in [1.165, 1.54) is 5.56 Å². The summed E-state index contributed by atoms with van der Waals surface area (Å²) >= 11 is 0. The second-order valence-electron chi connectivity index (χ2n) is 9.77. The number of ether oxygens (including phenoxy) is 1. The van der Waals surface area contributed by atoms with Crippen molar-refractivity contribution in [3.05, 3.63) is 95.3 Å². The van der Waals surface area contributed by atoms with Crippen LogP contribution in [0.4, 0.5) is 0 Å². The van der Waals surface area contributed by atoms with E-state index in [1.54, 1.807) is 19.5 Å². The first kappa shape index (κ1) is 25.0. The van der Waals surface area contributed by atoms with Crippen molar-refractivity contribution in [3.63, 3.8) is 0 Å². The first-order valence-electron chi connectivity index (χ1n) is 13.0. The van der Waals surface area contributed by atoms with Gasteiger partial charge in [-0.05, 0) is 73.0 Å². The first-order valence-corrected chi connectivity index (χ1v) is 13.0. The molecule has 3 heterocycles. The Bertz CT molecular complexity index is 1250. The monoisotopic (exact) mass is 495 g/mol. The lowest BCUT2D eigenvalue weighted by atomic mass is 9.74. The minimum absolute atomic E-state index is 0.0783. The van der Waals surface area contributed by atoms with E-state index in [9.17, 15) is 9.90 Å². The second kappa shape index (κ2) is 11.6. The zero-order chi connectivity index (χ0) is 25.6. The van der Waals surface area contributed by atoms with Gasteiger partial charge in [-0.3, -0.25) is 14.7 Å². The van der Waals surface area contributed by atoms with Gasteiger partial charge >= 0.3 is 0 Å². The quantitative estimate of drug-likeness (QED) is 0.549. The molecule has 2 saturated heterocycles. The average molecular weight is 496 g/mol. The third kappa shape index (κ3) is 5.69. The molecule has 1 amide bonds. The van der Waals surface area contributed by atoms with Crippen molar-refractivity contribution in [2.45, 2.75) is 37.3 Å². The van der Waals surface area contributed by atoms with Crippen LogP contribution in [0.1, 0.15) is 41.0 Å². The number of methoxy groups -OCH3 is 1. The molecule has 0 spiro atoms. The van der Waals surface area contributed by atoms with Crippen LogP contribution < -0.4 is 4.74 Å². The van der Waals surface area contributed by atoms with Crippen molar-refractivity contribution in [2.24, 2.45) is 0 Å².